The Kier molecular flexibility index (Phi) is 4.36. The normalized spacial score (nSPS) is 24.5. The Hall–Kier alpha value is -2.78. The van der Waals surface area contributed by atoms with Gasteiger partial charge in [0.2, 0.25) is 0 Å². The first-order chi connectivity index (χ1) is 14.1. The number of carbonyl (C=O) groups is 1. The molecule has 0 aliphatic carbocycles. The lowest BCUT2D eigenvalue weighted by Crippen LogP contribution is -2.38. The summed E-state index contributed by atoms with van der Waals surface area (Å²) in [7, 11) is 0. The molecule has 2 fully saturated rings. The number of likely N-dealkylation sites (tertiary alicyclic amines) is 2. The number of H-pyrrole nitrogens is 1. The lowest BCUT2D eigenvalue weighted by molar-refractivity contribution is 0.0719. The van der Waals surface area contributed by atoms with Gasteiger partial charge >= 0.3 is 0 Å². The Morgan fingerprint density at radius 2 is 2.14 bits per heavy atom. The molecular weight excluding hydrogens is 370 g/mol. The van der Waals surface area contributed by atoms with Gasteiger partial charge in [0, 0.05) is 62.0 Å². The Bertz CT molecular complexity index is 1040. The van der Waals surface area contributed by atoms with E-state index in [9.17, 15) is 9.90 Å². The number of aromatic nitrogens is 5. The summed E-state index contributed by atoms with van der Waals surface area (Å²) in [6.45, 7) is 6.77. The van der Waals surface area contributed by atoms with Crippen LogP contribution in [-0.2, 0) is 13.1 Å². The van der Waals surface area contributed by atoms with E-state index < -0.39 is 0 Å². The van der Waals surface area contributed by atoms with Gasteiger partial charge in [-0.15, -0.1) is 0 Å². The molecule has 29 heavy (non-hydrogen) atoms. The van der Waals surface area contributed by atoms with E-state index >= 15 is 0 Å². The third-order valence-corrected chi connectivity index (χ3v) is 6.41. The molecule has 2 saturated heterocycles. The predicted molar refractivity (Wildman–Crippen MR) is 106 cm³/mol. The molecule has 2 aliphatic heterocycles. The number of aliphatic hydroxyl groups excluding tert-OH is 1. The molecule has 1 amide bonds. The number of aromatic amines is 1. The lowest BCUT2D eigenvalue weighted by atomic mass is 9.82. The molecule has 0 radical (unpaired) electrons. The van der Waals surface area contributed by atoms with E-state index in [1.807, 2.05) is 21.8 Å². The van der Waals surface area contributed by atoms with Crippen LogP contribution in [0.15, 0.2) is 30.6 Å². The molecule has 2 aromatic heterocycles. The van der Waals surface area contributed by atoms with E-state index in [-0.39, 0.29) is 23.8 Å². The van der Waals surface area contributed by atoms with Gasteiger partial charge in [-0.25, -0.2) is 0 Å². The maximum atomic E-state index is 13.1. The minimum atomic E-state index is -0.256. The molecule has 2 atom stereocenters. The van der Waals surface area contributed by atoms with Crippen molar-refractivity contribution < 1.29 is 9.90 Å². The third kappa shape index (κ3) is 3.10. The highest BCUT2D eigenvalue weighted by atomic mass is 16.3. The minimum absolute atomic E-state index is 0.00658. The van der Waals surface area contributed by atoms with Gasteiger partial charge in [-0.2, -0.15) is 20.5 Å². The second-order valence-electron chi connectivity index (χ2n) is 8.30. The van der Waals surface area contributed by atoms with Crippen LogP contribution in [-0.4, -0.2) is 78.8 Å². The summed E-state index contributed by atoms with van der Waals surface area (Å²) in [5.74, 6) is 0.265. The summed E-state index contributed by atoms with van der Waals surface area (Å²) in [5.41, 5.74) is 2.98. The molecule has 0 saturated carbocycles. The molecule has 0 bridgehead atoms. The Balaban J connectivity index is 1.29. The number of benzene rings is 1. The molecule has 5 rings (SSSR count). The van der Waals surface area contributed by atoms with Gasteiger partial charge in [-0.1, -0.05) is 0 Å². The third-order valence-electron chi connectivity index (χ3n) is 6.41. The van der Waals surface area contributed by atoms with E-state index in [1.165, 1.54) is 5.56 Å². The zero-order chi connectivity index (χ0) is 20.0. The van der Waals surface area contributed by atoms with Crippen molar-refractivity contribution in [2.24, 2.45) is 11.3 Å². The van der Waals surface area contributed by atoms with E-state index in [1.54, 1.807) is 12.1 Å². The van der Waals surface area contributed by atoms with Crippen molar-refractivity contribution in [1.29, 1.82) is 0 Å². The molecule has 0 spiro atoms. The summed E-state index contributed by atoms with van der Waals surface area (Å²) in [5, 5.41) is 25.3. The fourth-order valence-corrected chi connectivity index (χ4v) is 4.86. The summed E-state index contributed by atoms with van der Waals surface area (Å²) in [6, 6.07) is 5.38. The summed E-state index contributed by atoms with van der Waals surface area (Å²) < 4.78 is 1.93. The molecule has 9 nitrogen and oxygen atoms in total. The fraction of sp³-hybridized carbons (Fsp3) is 0.500. The van der Waals surface area contributed by atoms with E-state index in [4.69, 9.17) is 0 Å². The second kappa shape index (κ2) is 6.93. The van der Waals surface area contributed by atoms with E-state index in [0.29, 0.717) is 24.2 Å². The van der Waals surface area contributed by atoms with Gasteiger partial charge in [-0.05, 0) is 31.0 Å². The number of hydrogen-bond acceptors (Lipinski definition) is 6. The highest BCUT2D eigenvalue weighted by Crippen LogP contribution is 2.43. The van der Waals surface area contributed by atoms with Gasteiger partial charge in [-0.3, -0.25) is 14.4 Å². The fourth-order valence-electron chi connectivity index (χ4n) is 4.86. The maximum absolute atomic E-state index is 13.1. The number of carbonyl (C=O) groups excluding carboxylic acids is 1. The van der Waals surface area contributed by atoms with E-state index in [2.05, 4.69) is 38.5 Å². The first-order valence-electron chi connectivity index (χ1n) is 10.0. The van der Waals surface area contributed by atoms with E-state index in [0.717, 1.165) is 31.7 Å². The first-order valence-corrected chi connectivity index (χ1v) is 10.0. The quantitative estimate of drug-likeness (QED) is 0.661. The van der Waals surface area contributed by atoms with Crippen LogP contribution in [0.25, 0.3) is 11.0 Å². The van der Waals surface area contributed by atoms with Crippen LogP contribution in [0.3, 0.4) is 0 Å². The van der Waals surface area contributed by atoms with Crippen LogP contribution < -0.4 is 0 Å². The first kappa shape index (κ1) is 18.3. The van der Waals surface area contributed by atoms with Crippen molar-refractivity contribution in [1.82, 2.24) is 35.0 Å². The zero-order valence-electron chi connectivity index (χ0n) is 16.5. The van der Waals surface area contributed by atoms with Gasteiger partial charge in [0.1, 0.15) is 11.0 Å². The number of aliphatic hydroxyl groups is 1. The number of nitrogens with one attached hydrogen (secondary N) is 1. The molecule has 2 N–H and O–H groups in total. The minimum Gasteiger partial charge on any atom is -0.396 e. The molecule has 4 heterocycles. The van der Waals surface area contributed by atoms with Crippen molar-refractivity contribution in [2.45, 2.75) is 20.0 Å². The lowest BCUT2D eigenvalue weighted by Gasteiger charge is -2.27. The van der Waals surface area contributed by atoms with Crippen LogP contribution in [0.5, 0.6) is 0 Å². The Morgan fingerprint density at radius 3 is 2.90 bits per heavy atom. The highest BCUT2D eigenvalue weighted by Gasteiger charge is 2.53. The van der Waals surface area contributed by atoms with Crippen molar-refractivity contribution in [3.8, 4) is 0 Å². The average Bonchev–Trinajstić information content (AvgIpc) is 3.49. The number of fused-ring (bicyclic) bond motifs is 2. The predicted octanol–water partition coefficient (Wildman–Crippen LogP) is 0.741. The summed E-state index contributed by atoms with van der Waals surface area (Å²) in [6.07, 6.45) is 3.99. The van der Waals surface area contributed by atoms with Gasteiger partial charge in [0.25, 0.3) is 5.91 Å². The van der Waals surface area contributed by atoms with Crippen LogP contribution >= 0.6 is 0 Å². The number of rotatable bonds is 5. The topological polar surface area (TPSA) is 103 Å². The molecule has 2 unspecified atom stereocenters. The monoisotopic (exact) mass is 395 g/mol. The Morgan fingerprint density at radius 1 is 1.28 bits per heavy atom. The van der Waals surface area contributed by atoms with Crippen LogP contribution in [0.4, 0.5) is 0 Å². The van der Waals surface area contributed by atoms with Crippen molar-refractivity contribution in [3.05, 3.63) is 41.7 Å². The molecule has 1 aromatic carbocycles. The van der Waals surface area contributed by atoms with Crippen molar-refractivity contribution in [3.63, 3.8) is 0 Å². The zero-order valence-corrected chi connectivity index (χ0v) is 16.5. The number of amides is 1. The largest absolute Gasteiger partial charge is 0.396 e. The second-order valence-corrected chi connectivity index (χ2v) is 8.30. The summed E-state index contributed by atoms with van der Waals surface area (Å²) in [4.78, 5) is 17.3. The van der Waals surface area contributed by atoms with Gasteiger partial charge < -0.3 is 10.0 Å². The Labute approximate surface area is 168 Å². The van der Waals surface area contributed by atoms with Crippen molar-refractivity contribution >= 4 is 16.9 Å². The summed E-state index contributed by atoms with van der Waals surface area (Å²) >= 11 is 0. The van der Waals surface area contributed by atoms with Crippen LogP contribution in [0.1, 0.15) is 22.8 Å². The maximum Gasteiger partial charge on any atom is 0.253 e. The molecule has 2 aliphatic rings. The average molecular weight is 395 g/mol. The van der Waals surface area contributed by atoms with Crippen molar-refractivity contribution in [2.75, 3.05) is 32.8 Å². The molecule has 152 valence electrons. The van der Waals surface area contributed by atoms with Crippen LogP contribution in [0, 0.1) is 11.3 Å². The van der Waals surface area contributed by atoms with Gasteiger partial charge in [0.05, 0.1) is 12.8 Å². The number of hydrogen-bond donors (Lipinski definition) is 2. The standard InChI is InChI=1S/C20H25N7O2/c1-2-27-8-14(6-21-27)7-25-9-16-10-26(12-20(16,11-25)13-28)19(29)15-3-4-17-18(5-15)23-24-22-17/h3-6,8,16,28H,2,7,9-13H2,1H3,(H,22,23,24). The SMILES string of the molecule is CCn1cc(CN2CC3CN(C(=O)c4ccc5n[nH]nc5c4)CC3(CO)C2)cn1. The van der Waals surface area contributed by atoms with Crippen LogP contribution in [0.2, 0.25) is 0 Å². The number of aryl methyl sites for hydroxylation is 1. The number of nitrogens with zero attached hydrogens (tertiary/aromatic N) is 6. The molecule has 9 heteroatoms. The molecule has 3 aromatic rings. The highest BCUT2D eigenvalue weighted by molar-refractivity contribution is 5.97. The molecular formula is C20H25N7O2. The smallest absolute Gasteiger partial charge is 0.253 e. The van der Waals surface area contributed by atoms with Gasteiger partial charge in [0.15, 0.2) is 0 Å².